The van der Waals surface area contributed by atoms with Gasteiger partial charge in [-0.05, 0) is 61.2 Å². The normalized spacial score (nSPS) is 11.2. The molecule has 26 heavy (non-hydrogen) atoms. The molecule has 0 aliphatic rings. The molecule has 3 rings (SSSR count). The van der Waals surface area contributed by atoms with Crippen molar-refractivity contribution in [1.82, 2.24) is 9.78 Å². The lowest BCUT2D eigenvalue weighted by molar-refractivity contribution is 0.0973. The highest BCUT2D eigenvalue weighted by atomic mass is 16.1. The third kappa shape index (κ3) is 4.11. The number of azo groups is 1. The van der Waals surface area contributed by atoms with Crippen molar-refractivity contribution in [2.75, 3.05) is 0 Å². The molecule has 0 fully saturated rings. The number of hydrogen-bond acceptors (Lipinski definition) is 4. The van der Waals surface area contributed by atoms with Gasteiger partial charge in [-0.2, -0.15) is 15.3 Å². The van der Waals surface area contributed by atoms with Gasteiger partial charge in [0.25, 0.3) is 0 Å². The van der Waals surface area contributed by atoms with Gasteiger partial charge in [0.15, 0.2) is 5.78 Å². The number of hydrogen-bond donors (Lipinski definition) is 0. The lowest BCUT2D eigenvalue weighted by Crippen LogP contribution is -2.08. The highest BCUT2D eigenvalue weighted by Gasteiger charge is 2.11. The Morgan fingerprint density at radius 2 is 1.85 bits per heavy atom. The predicted octanol–water partition coefficient (Wildman–Crippen LogP) is 5.27. The van der Waals surface area contributed by atoms with Crippen LogP contribution in [0.5, 0.6) is 0 Å². The summed E-state index contributed by atoms with van der Waals surface area (Å²) < 4.78 is 1.62. The van der Waals surface area contributed by atoms with Gasteiger partial charge < -0.3 is 0 Å². The van der Waals surface area contributed by atoms with E-state index in [-0.39, 0.29) is 5.78 Å². The van der Waals surface area contributed by atoms with E-state index in [4.69, 9.17) is 0 Å². The first-order valence-electron chi connectivity index (χ1n) is 8.62. The fraction of sp³-hybridized carbons (Fsp3) is 0.238. The van der Waals surface area contributed by atoms with E-state index in [9.17, 15) is 4.79 Å². The van der Waals surface area contributed by atoms with Crippen molar-refractivity contribution >= 4 is 17.2 Å². The number of rotatable bonds is 6. The molecule has 0 saturated carbocycles. The number of benzene rings is 2. The van der Waals surface area contributed by atoms with Gasteiger partial charge in [0.2, 0.25) is 0 Å². The van der Waals surface area contributed by atoms with Gasteiger partial charge in [-0.15, -0.1) is 0 Å². The SMILES string of the molecule is Cc1cc(/N=N/c2ccccc2C)ccc1CCC(=O)c1ccnn1C. The lowest BCUT2D eigenvalue weighted by Gasteiger charge is -2.06. The number of nitrogens with zero attached hydrogens (tertiary/aromatic N) is 4. The van der Waals surface area contributed by atoms with Gasteiger partial charge in [0.1, 0.15) is 5.69 Å². The van der Waals surface area contributed by atoms with E-state index in [1.807, 2.05) is 56.3 Å². The van der Waals surface area contributed by atoms with Gasteiger partial charge in [-0.1, -0.05) is 24.3 Å². The van der Waals surface area contributed by atoms with Crippen LogP contribution in [-0.2, 0) is 13.5 Å². The number of ketones is 1. The maximum atomic E-state index is 12.3. The van der Waals surface area contributed by atoms with Crippen molar-refractivity contribution < 1.29 is 4.79 Å². The molecule has 2 aromatic carbocycles. The lowest BCUT2D eigenvalue weighted by atomic mass is 10.0. The van der Waals surface area contributed by atoms with Crippen LogP contribution in [0.4, 0.5) is 11.4 Å². The van der Waals surface area contributed by atoms with E-state index < -0.39 is 0 Å². The Morgan fingerprint density at radius 1 is 1.04 bits per heavy atom. The van der Waals surface area contributed by atoms with Crippen LogP contribution in [0.3, 0.4) is 0 Å². The van der Waals surface area contributed by atoms with Crippen LogP contribution in [0.2, 0.25) is 0 Å². The van der Waals surface area contributed by atoms with E-state index in [1.165, 1.54) is 0 Å². The number of aromatic nitrogens is 2. The fourth-order valence-corrected chi connectivity index (χ4v) is 2.83. The maximum absolute atomic E-state index is 12.3. The zero-order valence-electron chi connectivity index (χ0n) is 15.3. The van der Waals surface area contributed by atoms with Crippen LogP contribution in [0, 0.1) is 13.8 Å². The molecule has 0 bridgehead atoms. The summed E-state index contributed by atoms with van der Waals surface area (Å²) in [5, 5.41) is 12.7. The van der Waals surface area contributed by atoms with Crippen molar-refractivity contribution in [3.63, 3.8) is 0 Å². The summed E-state index contributed by atoms with van der Waals surface area (Å²) in [6.07, 6.45) is 2.81. The topological polar surface area (TPSA) is 59.6 Å². The van der Waals surface area contributed by atoms with Gasteiger partial charge in [-0.25, -0.2) is 0 Å². The van der Waals surface area contributed by atoms with E-state index in [0.29, 0.717) is 18.5 Å². The van der Waals surface area contributed by atoms with Crippen LogP contribution < -0.4 is 0 Å². The number of Topliss-reactive ketones (excluding diaryl/α,β-unsaturated/α-hetero) is 1. The molecular formula is C21H22N4O. The van der Waals surface area contributed by atoms with Crippen molar-refractivity contribution in [3.8, 4) is 0 Å². The van der Waals surface area contributed by atoms with Gasteiger partial charge in [0, 0.05) is 19.7 Å². The number of aryl methyl sites for hydroxylation is 4. The summed E-state index contributed by atoms with van der Waals surface area (Å²) in [5.41, 5.74) is 5.69. The van der Waals surface area contributed by atoms with Gasteiger partial charge in [-0.3, -0.25) is 9.48 Å². The van der Waals surface area contributed by atoms with E-state index in [2.05, 4.69) is 15.3 Å². The van der Waals surface area contributed by atoms with Gasteiger partial charge >= 0.3 is 0 Å². The molecule has 0 amide bonds. The summed E-state index contributed by atoms with van der Waals surface area (Å²) in [5.74, 6) is 0.104. The molecule has 0 aliphatic carbocycles. The molecule has 0 spiro atoms. The molecule has 1 aromatic heterocycles. The zero-order valence-corrected chi connectivity index (χ0v) is 15.3. The van der Waals surface area contributed by atoms with Crippen LogP contribution in [-0.4, -0.2) is 15.6 Å². The second-order valence-corrected chi connectivity index (χ2v) is 6.36. The maximum Gasteiger partial charge on any atom is 0.181 e. The first-order chi connectivity index (χ1) is 12.5. The second-order valence-electron chi connectivity index (χ2n) is 6.36. The first kappa shape index (κ1) is 17.7. The minimum absolute atomic E-state index is 0.104. The van der Waals surface area contributed by atoms with Crippen molar-refractivity contribution in [3.05, 3.63) is 77.1 Å². The summed E-state index contributed by atoms with van der Waals surface area (Å²) in [6, 6.07) is 15.6. The highest BCUT2D eigenvalue weighted by molar-refractivity contribution is 5.94. The van der Waals surface area contributed by atoms with Crippen molar-refractivity contribution in [2.24, 2.45) is 17.3 Å². The molecule has 5 heteroatoms. The third-order valence-electron chi connectivity index (χ3n) is 4.44. The molecule has 5 nitrogen and oxygen atoms in total. The molecule has 1 heterocycles. The van der Waals surface area contributed by atoms with Crippen LogP contribution in [0.15, 0.2) is 65.0 Å². The number of carbonyl (C=O) groups excluding carboxylic acids is 1. The zero-order chi connectivity index (χ0) is 18.5. The van der Waals surface area contributed by atoms with Gasteiger partial charge in [0.05, 0.1) is 11.4 Å². The highest BCUT2D eigenvalue weighted by Crippen LogP contribution is 2.24. The first-order valence-corrected chi connectivity index (χ1v) is 8.62. The van der Waals surface area contributed by atoms with E-state index in [0.717, 1.165) is 28.1 Å². The summed E-state index contributed by atoms with van der Waals surface area (Å²) in [7, 11) is 1.78. The average molecular weight is 346 g/mol. The smallest absolute Gasteiger partial charge is 0.181 e. The largest absolute Gasteiger partial charge is 0.292 e. The Morgan fingerprint density at radius 3 is 2.54 bits per heavy atom. The minimum atomic E-state index is 0.104. The van der Waals surface area contributed by atoms with E-state index in [1.54, 1.807) is 24.0 Å². The van der Waals surface area contributed by atoms with Crippen LogP contribution >= 0.6 is 0 Å². The molecule has 3 aromatic rings. The Kier molecular flexibility index (Phi) is 5.37. The Labute approximate surface area is 153 Å². The average Bonchev–Trinajstić information content (AvgIpc) is 3.06. The third-order valence-corrected chi connectivity index (χ3v) is 4.44. The van der Waals surface area contributed by atoms with Crippen molar-refractivity contribution in [2.45, 2.75) is 26.7 Å². The standard InChI is InChI=1S/C21H22N4O/c1-15-6-4-5-7-19(15)24-23-18-10-8-17(16(2)14-18)9-11-21(26)20-12-13-22-25(20)3/h4-8,10,12-14H,9,11H2,1-3H3/b24-23+. The summed E-state index contributed by atoms with van der Waals surface area (Å²) in [4.78, 5) is 12.3. The summed E-state index contributed by atoms with van der Waals surface area (Å²) in [6.45, 7) is 4.05. The molecule has 0 unspecified atom stereocenters. The summed E-state index contributed by atoms with van der Waals surface area (Å²) >= 11 is 0. The molecule has 0 saturated heterocycles. The Bertz CT molecular complexity index is 956. The number of carbonyl (C=O) groups is 1. The fourth-order valence-electron chi connectivity index (χ4n) is 2.83. The molecule has 0 N–H and O–H groups in total. The Hall–Kier alpha value is -3.08. The second kappa shape index (κ2) is 7.87. The van der Waals surface area contributed by atoms with E-state index >= 15 is 0 Å². The minimum Gasteiger partial charge on any atom is -0.292 e. The quantitative estimate of drug-likeness (QED) is 0.451. The Balaban J connectivity index is 1.67. The van der Waals surface area contributed by atoms with Crippen LogP contribution in [0.25, 0.3) is 0 Å². The monoisotopic (exact) mass is 346 g/mol. The molecule has 0 radical (unpaired) electrons. The predicted molar refractivity (Wildman–Crippen MR) is 102 cm³/mol. The van der Waals surface area contributed by atoms with Crippen LogP contribution in [0.1, 0.15) is 33.6 Å². The molecule has 132 valence electrons. The molecular weight excluding hydrogens is 324 g/mol. The molecule has 0 atom stereocenters. The van der Waals surface area contributed by atoms with Crippen molar-refractivity contribution in [1.29, 1.82) is 0 Å². The molecule has 0 aliphatic heterocycles.